The standard InChI is InChI=1S/C19H24N4O3/c1-4-5-14(20)18(24)23-15-7-6-12(2)10-17(15)26-13-8-9-22-16(11-13)19(25)21-3/h6-11,14H,4-5,20H2,1-3H3,(H,21,25)(H,23,24). The quantitative estimate of drug-likeness (QED) is 0.707. The molecule has 0 radical (unpaired) electrons. The molecule has 1 atom stereocenters. The number of nitrogens with two attached hydrogens (primary N) is 1. The highest BCUT2D eigenvalue weighted by Gasteiger charge is 2.16. The Kier molecular flexibility index (Phi) is 6.68. The third kappa shape index (κ3) is 5.03. The van der Waals surface area contributed by atoms with Crippen molar-refractivity contribution in [2.45, 2.75) is 32.7 Å². The molecule has 0 saturated carbocycles. The zero-order valence-corrected chi connectivity index (χ0v) is 15.2. The van der Waals surface area contributed by atoms with Crippen molar-refractivity contribution in [3.05, 3.63) is 47.8 Å². The maximum atomic E-state index is 12.2. The number of aryl methyl sites for hydroxylation is 1. The summed E-state index contributed by atoms with van der Waals surface area (Å²) >= 11 is 0. The summed E-state index contributed by atoms with van der Waals surface area (Å²) in [5.41, 5.74) is 7.60. The Bertz CT molecular complexity index is 792. The highest BCUT2D eigenvalue weighted by molar-refractivity contribution is 5.96. The van der Waals surface area contributed by atoms with E-state index in [9.17, 15) is 9.59 Å². The number of hydrogen-bond acceptors (Lipinski definition) is 5. The highest BCUT2D eigenvalue weighted by Crippen LogP contribution is 2.31. The van der Waals surface area contributed by atoms with Crippen LogP contribution in [0, 0.1) is 6.92 Å². The molecule has 4 N–H and O–H groups in total. The molecule has 2 rings (SSSR count). The topological polar surface area (TPSA) is 106 Å². The number of anilines is 1. The van der Waals surface area contributed by atoms with E-state index in [0.29, 0.717) is 23.6 Å². The molecule has 7 nitrogen and oxygen atoms in total. The van der Waals surface area contributed by atoms with Crippen molar-refractivity contribution < 1.29 is 14.3 Å². The van der Waals surface area contributed by atoms with Crippen molar-refractivity contribution in [2.75, 3.05) is 12.4 Å². The number of pyridine rings is 1. The fraction of sp³-hybridized carbons (Fsp3) is 0.316. The lowest BCUT2D eigenvalue weighted by Crippen LogP contribution is -2.35. The van der Waals surface area contributed by atoms with Gasteiger partial charge in [0.05, 0.1) is 11.7 Å². The molecule has 1 aromatic heterocycles. The van der Waals surface area contributed by atoms with Gasteiger partial charge in [-0.05, 0) is 37.1 Å². The summed E-state index contributed by atoms with van der Waals surface area (Å²) in [6.07, 6.45) is 2.92. The number of ether oxygens (including phenoxy) is 1. The fourth-order valence-corrected chi connectivity index (χ4v) is 2.34. The lowest BCUT2D eigenvalue weighted by Gasteiger charge is -2.16. The van der Waals surface area contributed by atoms with E-state index in [2.05, 4.69) is 15.6 Å². The van der Waals surface area contributed by atoms with Crippen LogP contribution >= 0.6 is 0 Å². The molecule has 1 unspecified atom stereocenters. The summed E-state index contributed by atoms with van der Waals surface area (Å²) < 4.78 is 5.89. The minimum absolute atomic E-state index is 0.244. The van der Waals surface area contributed by atoms with Gasteiger partial charge in [0.1, 0.15) is 11.4 Å². The zero-order valence-electron chi connectivity index (χ0n) is 15.2. The molecule has 138 valence electrons. The van der Waals surface area contributed by atoms with E-state index in [-0.39, 0.29) is 17.5 Å². The average Bonchev–Trinajstić information content (AvgIpc) is 2.63. The van der Waals surface area contributed by atoms with Crippen LogP contribution in [0.3, 0.4) is 0 Å². The van der Waals surface area contributed by atoms with Crippen LogP contribution in [0.4, 0.5) is 5.69 Å². The number of carbonyl (C=O) groups excluding carboxylic acids is 2. The van der Waals surface area contributed by atoms with Gasteiger partial charge in [0.2, 0.25) is 5.91 Å². The van der Waals surface area contributed by atoms with Crippen molar-refractivity contribution >= 4 is 17.5 Å². The normalized spacial score (nSPS) is 11.5. The predicted octanol–water partition coefficient (Wildman–Crippen LogP) is 2.61. The van der Waals surface area contributed by atoms with Crippen molar-refractivity contribution in [3.63, 3.8) is 0 Å². The molecule has 0 aliphatic rings. The first-order valence-electron chi connectivity index (χ1n) is 8.47. The summed E-state index contributed by atoms with van der Waals surface area (Å²) in [5, 5.41) is 5.32. The number of rotatable bonds is 7. The van der Waals surface area contributed by atoms with E-state index in [1.165, 1.54) is 19.3 Å². The number of nitrogens with zero attached hydrogens (tertiary/aromatic N) is 1. The number of nitrogens with one attached hydrogen (secondary N) is 2. The molecule has 7 heteroatoms. The summed E-state index contributed by atoms with van der Waals surface area (Å²) in [5.74, 6) is 0.341. The van der Waals surface area contributed by atoms with E-state index >= 15 is 0 Å². The van der Waals surface area contributed by atoms with Crippen LogP contribution in [-0.2, 0) is 4.79 Å². The molecule has 26 heavy (non-hydrogen) atoms. The average molecular weight is 356 g/mol. The predicted molar refractivity (Wildman–Crippen MR) is 100 cm³/mol. The van der Waals surface area contributed by atoms with E-state index in [4.69, 9.17) is 10.5 Å². The van der Waals surface area contributed by atoms with Gasteiger partial charge in [-0.1, -0.05) is 19.4 Å². The van der Waals surface area contributed by atoms with E-state index in [1.807, 2.05) is 19.9 Å². The van der Waals surface area contributed by atoms with Crippen molar-refractivity contribution in [3.8, 4) is 11.5 Å². The SMILES string of the molecule is CCCC(N)C(=O)Nc1ccc(C)cc1Oc1ccnc(C(=O)NC)c1. The minimum Gasteiger partial charge on any atom is -0.455 e. The van der Waals surface area contributed by atoms with Gasteiger partial charge in [0.15, 0.2) is 5.75 Å². The maximum Gasteiger partial charge on any atom is 0.269 e. The van der Waals surface area contributed by atoms with E-state index in [1.54, 1.807) is 18.2 Å². The smallest absolute Gasteiger partial charge is 0.269 e. The number of carbonyl (C=O) groups is 2. The fourth-order valence-electron chi connectivity index (χ4n) is 2.34. The Labute approximate surface area is 153 Å². The van der Waals surface area contributed by atoms with Gasteiger partial charge in [-0.15, -0.1) is 0 Å². The zero-order chi connectivity index (χ0) is 19.1. The molecule has 0 aliphatic carbocycles. The number of hydrogen-bond donors (Lipinski definition) is 3. The van der Waals surface area contributed by atoms with Crippen LogP contribution in [0.25, 0.3) is 0 Å². The van der Waals surface area contributed by atoms with Gasteiger partial charge in [0.25, 0.3) is 5.91 Å². The maximum absolute atomic E-state index is 12.2. The van der Waals surface area contributed by atoms with E-state index in [0.717, 1.165) is 12.0 Å². The third-order valence-electron chi connectivity index (χ3n) is 3.75. The van der Waals surface area contributed by atoms with Crippen molar-refractivity contribution in [1.29, 1.82) is 0 Å². The number of aromatic nitrogens is 1. The first kappa shape index (κ1) is 19.4. The molecule has 0 fully saturated rings. The van der Waals surface area contributed by atoms with Crippen molar-refractivity contribution in [1.82, 2.24) is 10.3 Å². The Morgan fingerprint density at radius 3 is 2.73 bits per heavy atom. The molecular formula is C19H24N4O3. The molecule has 2 amide bonds. The Balaban J connectivity index is 2.25. The number of amides is 2. The van der Waals surface area contributed by atoms with Gasteiger partial charge in [0, 0.05) is 19.3 Å². The van der Waals surface area contributed by atoms with Crippen LogP contribution in [-0.4, -0.2) is 29.9 Å². The molecule has 1 aromatic carbocycles. The van der Waals surface area contributed by atoms with Crippen LogP contribution in [0.2, 0.25) is 0 Å². The molecule has 0 bridgehead atoms. The summed E-state index contributed by atoms with van der Waals surface area (Å²) in [6, 6.07) is 8.05. The van der Waals surface area contributed by atoms with E-state index < -0.39 is 6.04 Å². The largest absolute Gasteiger partial charge is 0.455 e. The molecule has 2 aromatic rings. The van der Waals surface area contributed by atoms with Crippen LogP contribution in [0.5, 0.6) is 11.5 Å². The second-order valence-electron chi connectivity index (χ2n) is 5.94. The van der Waals surface area contributed by atoms with Crippen LogP contribution in [0.1, 0.15) is 35.8 Å². The molecule has 0 saturated heterocycles. The van der Waals surface area contributed by atoms with Gasteiger partial charge in [-0.3, -0.25) is 14.6 Å². The minimum atomic E-state index is -0.574. The number of benzene rings is 1. The van der Waals surface area contributed by atoms with Gasteiger partial charge >= 0.3 is 0 Å². The molecule has 0 spiro atoms. The van der Waals surface area contributed by atoms with Gasteiger partial charge in [-0.2, -0.15) is 0 Å². The Morgan fingerprint density at radius 1 is 1.27 bits per heavy atom. The highest BCUT2D eigenvalue weighted by atomic mass is 16.5. The van der Waals surface area contributed by atoms with Gasteiger partial charge in [-0.25, -0.2) is 0 Å². The first-order chi connectivity index (χ1) is 12.4. The lowest BCUT2D eigenvalue weighted by atomic mass is 10.1. The molecular weight excluding hydrogens is 332 g/mol. The lowest BCUT2D eigenvalue weighted by molar-refractivity contribution is -0.117. The van der Waals surface area contributed by atoms with Crippen molar-refractivity contribution in [2.24, 2.45) is 5.73 Å². The third-order valence-corrected chi connectivity index (χ3v) is 3.75. The van der Waals surface area contributed by atoms with Crippen LogP contribution in [0.15, 0.2) is 36.5 Å². The first-order valence-corrected chi connectivity index (χ1v) is 8.47. The summed E-state index contributed by atoms with van der Waals surface area (Å²) in [4.78, 5) is 27.9. The summed E-state index contributed by atoms with van der Waals surface area (Å²) in [7, 11) is 1.53. The van der Waals surface area contributed by atoms with Gasteiger partial charge < -0.3 is 21.1 Å². The monoisotopic (exact) mass is 356 g/mol. The Hall–Kier alpha value is -2.93. The summed E-state index contributed by atoms with van der Waals surface area (Å²) in [6.45, 7) is 3.89. The molecule has 0 aliphatic heterocycles. The Morgan fingerprint density at radius 2 is 2.04 bits per heavy atom. The second kappa shape index (κ2) is 8.96. The van der Waals surface area contributed by atoms with Crippen LogP contribution < -0.4 is 21.1 Å². The molecule has 1 heterocycles. The second-order valence-corrected chi connectivity index (χ2v) is 5.94.